The zero-order valence-electron chi connectivity index (χ0n) is 5.24. The van der Waals surface area contributed by atoms with Crippen LogP contribution in [0.1, 0.15) is 19.3 Å². The van der Waals surface area contributed by atoms with E-state index in [1.807, 2.05) is 0 Å². The molecule has 0 radical (unpaired) electrons. The molecule has 1 aliphatic carbocycles. The fraction of sp³-hybridized carbons (Fsp3) is 0.714. The Balaban J connectivity index is 2.44. The molecular formula is C7H10Cl2. The molecule has 1 saturated carbocycles. The molecule has 0 aromatic heterocycles. The average Bonchev–Trinajstić information content (AvgIpc) is 1.80. The molecule has 0 aromatic carbocycles. The predicted octanol–water partition coefficient (Wildman–Crippen LogP) is 2.94. The van der Waals surface area contributed by atoms with E-state index in [4.69, 9.17) is 23.2 Å². The number of rotatable bonds is 0. The molecule has 0 nitrogen and oxygen atoms in total. The molecule has 2 atom stereocenters. The quantitative estimate of drug-likeness (QED) is 0.382. The van der Waals surface area contributed by atoms with E-state index in [0.29, 0.717) is 0 Å². The molecule has 52 valence electrons. The first-order chi connectivity index (χ1) is 4.20. The number of allylic oxidation sites excluding steroid dienone is 1. The molecule has 0 bridgehead atoms. The Morgan fingerprint density at radius 1 is 1.33 bits per heavy atom. The minimum absolute atomic E-state index is 0.118. The summed E-state index contributed by atoms with van der Waals surface area (Å²) >= 11 is 11.7. The van der Waals surface area contributed by atoms with Crippen LogP contribution in [0.25, 0.3) is 0 Å². The molecule has 0 spiro atoms. The molecule has 0 saturated heterocycles. The lowest BCUT2D eigenvalue weighted by Crippen LogP contribution is -2.20. The molecule has 2 heteroatoms. The number of alkyl halides is 2. The maximum Gasteiger partial charge on any atom is 0.0536 e. The normalized spacial score (nSPS) is 36.9. The van der Waals surface area contributed by atoms with Crippen molar-refractivity contribution in [1.82, 2.24) is 0 Å². The third-order valence-electron chi connectivity index (χ3n) is 1.65. The van der Waals surface area contributed by atoms with Crippen LogP contribution in [-0.4, -0.2) is 10.8 Å². The minimum Gasteiger partial charge on any atom is -0.121 e. The van der Waals surface area contributed by atoms with Crippen molar-refractivity contribution in [2.75, 3.05) is 0 Å². The van der Waals surface area contributed by atoms with Crippen LogP contribution in [0.5, 0.6) is 0 Å². The van der Waals surface area contributed by atoms with Crippen LogP contribution in [-0.2, 0) is 0 Å². The third kappa shape index (κ3) is 1.87. The summed E-state index contributed by atoms with van der Waals surface area (Å²) in [5.41, 5.74) is 1.24. The van der Waals surface area contributed by atoms with Crippen LogP contribution >= 0.6 is 23.2 Å². The highest BCUT2D eigenvalue weighted by Gasteiger charge is 2.22. The fourth-order valence-corrected chi connectivity index (χ4v) is 1.57. The SMILES string of the molecule is C=C1CCC(Cl)C(Cl)C1. The topological polar surface area (TPSA) is 0 Å². The van der Waals surface area contributed by atoms with E-state index in [0.717, 1.165) is 19.3 Å². The lowest BCUT2D eigenvalue weighted by atomic mass is 9.95. The van der Waals surface area contributed by atoms with E-state index in [9.17, 15) is 0 Å². The monoisotopic (exact) mass is 164 g/mol. The summed E-state index contributed by atoms with van der Waals surface area (Å²) in [6.07, 6.45) is 2.95. The Morgan fingerprint density at radius 2 is 2.00 bits per heavy atom. The van der Waals surface area contributed by atoms with Crippen molar-refractivity contribution in [1.29, 1.82) is 0 Å². The van der Waals surface area contributed by atoms with Crippen LogP contribution in [0, 0.1) is 0 Å². The summed E-state index contributed by atoms with van der Waals surface area (Å²) < 4.78 is 0. The number of hydrogen-bond acceptors (Lipinski definition) is 0. The lowest BCUT2D eigenvalue weighted by Gasteiger charge is -2.22. The second-order valence-corrected chi connectivity index (χ2v) is 3.65. The van der Waals surface area contributed by atoms with Gasteiger partial charge in [-0.15, -0.1) is 23.2 Å². The zero-order chi connectivity index (χ0) is 6.85. The van der Waals surface area contributed by atoms with Gasteiger partial charge in [-0.1, -0.05) is 12.2 Å². The van der Waals surface area contributed by atoms with E-state index in [2.05, 4.69) is 6.58 Å². The van der Waals surface area contributed by atoms with Crippen LogP contribution in [0.4, 0.5) is 0 Å². The molecule has 0 aliphatic heterocycles. The number of hydrogen-bond donors (Lipinski definition) is 0. The Labute approximate surface area is 65.8 Å². The van der Waals surface area contributed by atoms with Gasteiger partial charge in [-0.25, -0.2) is 0 Å². The summed E-state index contributed by atoms with van der Waals surface area (Å²) in [7, 11) is 0. The van der Waals surface area contributed by atoms with Crippen LogP contribution in [0.15, 0.2) is 12.2 Å². The molecule has 0 N–H and O–H groups in total. The Hall–Kier alpha value is 0.320. The largest absolute Gasteiger partial charge is 0.121 e. The fourth-order valence-electron chi connectivity index (χ4n) is 1.03. The Bertz CT molecular complexity index is 120. The second kappa shape index (κ2) is 2.94. The van der Waals surface area contributed by atoms with Crippen LogP contribution < -0.4 is 0 Å². The maximum absolute atomic E-state index is 5.87. The van der Waals surface area contributed by atoms with Crippen LogP contribution in [0.2, 0.25) is 0 Å². The zero-order valence-corrected chi connectivity index (χ0v) is 6.75. The molecule has 0 amide bonds. The van der Waals surface area contributed by atoms with Gasteiger partial charge in [0.2, 0.25) is 0 Å². The van der Waals surface area contributed by atoms with Gasteiger partial charge in [-0.3, -0.25) is 0 Å². The number of halogens is 2. The predicted molar refractivity (Wildman–Crippen MR) is 42.3 cm³/mol. The van der Waals surface area contributed by atoms with Gasteiger partial charge in [0.15, 0.2) is 0 Å². The summed E-state index contributed by atoms with van der Waals surface area (Å²) in [4.78, 5) is 0. The van der Waals surface area contributed by atoms with Crippen molar-refractivity contribution in [2.24, 2.45) is 0 Å². The smallest absolute Gasteiger partial charge is 0.0536 e. The summed E-state index contributed by atoms with van der Waals surface area (Å²) in [5, 5.41) is 0.282. The van der Waals surface area contributed by atoms with Gasteiger partial charge in [-0.2, -0.15) is 0 Å². The van der Waals surface area contributed by atoms with Gasteiger partial charge in [-0.05, 0) is 19.3 Å². The highest BCUT2D eigenvalue weighted by Crippen LogP contribution is 2.29. The van der Waals surface area contributed by atoms with Crippen LogP contribution in [0.3, 0.4) is 0 Å². The molecule has 1 rings (SSSR count). The Kier molecular flexibility index (Phi) is 2.42. The molecule has 2 unspecified atom stereocenters. The summed E-state index contributed by atoms with van der Waals surface area (Å²) in [6.45, 7) is 3.86. The van der Waals surface area contributed by atoms with E-state index in [-0.39, 0.29) is 10.8 Å². The molecule has 1 fully saturated rings. The van der Waals surface area contributed by atoms with Gasteiger partial charge >= 0.3 is 0 Å². The van der Waals surface area contributed by atoms with Crippen molar-refractivity contribution in [2.45, 2.75) is 30.0 Å². The van der Waals surface area contributed by atoms with Gasteiger partial charge in [0.1, 0.15) is 0 Å². The van der Waals surface area contributed by atoms with E-state index >= 15 is 0 Å². The summed E-state index contributed by atoms with van der Waals surface area (Å²) in [6, 6.07) is 0. The van der Waals surface area contributed by atoms with E-state index in [1.54, 1.807) is 0 Å². The Morgan fingerprint density at radius 3 is 2.44 bits per heavy atom. The molecule has 1 aliphatic rings. The molecular weight excluding hydrogens is 155 g/mol. The third-order valence-corrected chi connectivity index (χ3v) is 2.76. The van der Waals surface area contributed by atoms with Gasteiger partial charge in [0.05, 0.1) is 10.8 Å². The van der Waals surface area contributed by atoms with Crippen molar-refractivity contribution >= 4 is 23.2 Å². The van der Waals surface area contributed by atoms with Crippen molar-refractivity contribution in [3.8, 4) is 0 Å². The molecule has 0 aromatic rings. The van der Waals surface area contributed by atoms with Gasteiger partial charge in [0, 0.05) is 0 Å². The van der Waals surface area contributed by atoms with E-state index < -0.39 is 0 Å². The van der Waals surface area contributed by atoms with Crippen molar-refractivity contribution < 1.29 is 0 Å². The first-order valence-electron chi connectivity index (χ1n) is 3.15. The second-order valence-electron chi connectivity index (χ2n) is 2.52. The first kappa shape index (κ1) is 7.43. The van der Waals surface area contributed by atoms with Crippen molar-refractivity contribution in [3.05, 3.63) is 12.2 Å². The highest BCUT2D eigenvalue weighted by molar-refractivity contribution is 6.30. The molecule has 9 heavy (non-hydrogen) atoms. The highest BCUT2D eigenvalue weighted by atomic mass is 35.5. The standard InChI is InChI=1S/C7H10Cl2/c1-5-2-3-6(8)7(9)4-5/h6-7H,1-4H2. The van der Waals surface area contributed by atoms with Gasteiger partial charge in [0.25, 0.3) is 0 Å². The average molecular weight is 165 g/mol. The van der Waals surface area contributed by atoms with E-state index in [1.165, 1.54) is 5.57 Å². The first-order valence-corrected chi connectivity index (χ1v) is 4.02. The maximum atomic E-state index is 5.87. The lowest BCUT2D eigenvalue weighted by molar-refractivity contribution is 0.617. The molecule has 0 heterocycles. The minimum atomic E-state index is 0.118. The summed E-state index contributed by atoms with van der Waals surface area (Å²) in [5.74, 6) is 0. The van der Waals surface area contributed by atoms with Crippen molar-refractivity contribution in [3.63, 3.8) is 0 Å². The van der Waals surface area contributed by atoms with Gasteiger partial charge < -0.3 is 0 Å².